The van der Waals surface area contributed by atoms with Crippen LogP contribution in [-0.4, -0.2) is 99.9 Å². The van der Waals surface area contributed by atoms with Crippen molar-refractivity contribution in [3.8, 4) is 17.5 Å². The van der Waals surface area contributed by atoms with E-state index in [-0.39, 0.29) is 23.2 Å². The molecule has 3 aromatic heterocycles. The minimum Gasteiger partial charge on any atom is -0.396 e. The fourth-order valence-electron chi connectivity index (χ4n) is 4.06. The molecule has 38 heavy (non-hydrogen) atoms. The van der Waals surface area contributed by atoms with Gasteiger partial charge in [0.15, 0.2) is 11.6 Å². The first-order valence-electron chi connectivity index (χ1n) is 12.1. The van der Waals surface area contributed by atoms with Gasteiger partial charge in [0.05, 0.1) is 36.1 Å². The smallest absolute Gasteiger partial charge is 0.296 e. The zero-order chi connectivity index (χ0) is 26.8. The zero-order valence-corrected chi connectivity index (χ0v) is 21.4. The molecule has 0 spiro atoms. The Kier molecular flexibility index (Phi) is 7.24. The van der Waals surface area contributed by atoms with E-state index in [0.717, 1.165) is 6.54 Å². The SMILES string of the molecule is CN(C)CCN(C)c1ncc(N)c(-c2nc(N3CCOCC3)nc(-n3c(C(F)F)nc4ccccc43)n2)n1. The molecule has 0 radical (unpaired) electrons. The normalized spacial score (nSPS) is 14.1. The number of aromatic nitrogens is 7. The van der Waals surface area contributed by atoms with Gasteiger partial charge in [-0.3, -0.25) is 4.57 Å². The maximum Gasteiger partial charge on any atom is 0.296 e. The minimum atomic E-state index is -2.85. The fourth-order valence-corrected chi connectivity index (χ4v) is 4.06. The predicted octanol–water partition coefficient (Wildman–Crippen LogP) is 2.02. The largest absolute Gasteiger partial charge is 0.396 e. The molecule has 2 N–H and O–H groups in total. The molecular weight excluding hydrogens is 496 g/mol. The molecule has 1 saturated heterocycles. The molecule has 0 bridgehead atoms. The number of nitrogen functional groups attached to an aromatic ring is 1. The lowest BCUT2D eigenvalue weighted by molar-refractivity contribution is 0.122. The van der Waals surface area contributed by atoms with E-state index >= 15 is 0 Å². The van der Waals surface area contributed by atoms with Gasteiger partial charge < -0.3 is 25.2 Å². The molecule has 1 fully saturated rings. The Hall–Kier alpha value is -4.04. The maximum absolute atomic E-state index is 14.1. The van der Waals surface area contributed by atoms with E-state index in [1.807, 2.05) is 30.9 Å². The number of alkyl halides is 2. The second kappa shape index (κ2) is 10.8. The summed E-state index contributed by atoms with van der Waals surface area (Å²) in [6, 6.07) is 6.85. The summed E-state index contributed by atoms with van der Waals surface area (Å²) in [5, 5.41) is 0. The van der Waals surface area contributed by atoms with Crippen LogP contribution in [0.15, 0.2) is 30.5 Å². The minimum absolute atomic E-state index is 0.000941. The van der Waals surface area contributed by atoms with Crippen LogP contribution < -0.4 is 15.5 Å². The molecule has 1 aliphatic rings. The lowest BCUT2D eigenvalue weighted by Crippen LogP contribution is -2.37. The summed E-state index contributed by atoms with van der Waals surface area (Å²) < 4.78 is 35.0. The highest BCUT2D eigenvalue weighted by atomic mass is 19.3. The number of imidazole rings is 1. The first kappa shape index (κ1) is 25.6. The van der Waals surface area contributed by atoms with E-state index in [1.165, 1.54) is 10.8 Å². The van der Waals surface area contributed by atoms with Gasteiger partial charge in [-0.1, -0.05) is 12.1 Å². The van der Waals surface area contributed by atoms with E-state index in [2.05, 4.69) is 34.8 Å². The van der Waals surface area contributed by atoms with E-state index in [0.29, 0.717) is 55.8 Å². The Balaban J connectivity index is 1.67. The van der Waals surface area contributed by atoms with Crippen LogP contribution in [0.1, 0.15) is 12.2 Å². The number of morpholine rings is 1. The first-order valence-corrected chi connectivity index (χ1v) is 12.1. The van der Waals surface area contributed by atoms with Crippen molar-refractivity contribution < 1.29 is 13.5 Å². The number of halogens is 2. The van der Waals surface area contributed by atoms with Crippen molar-refractivity contribution >= 4 is 28.6 Å². The fraction of sp³-hybridized carbons (Fsp3) is 0.417. The summed E-state index contributed by atoms with van der Waals surface area (Å²) in [5.74, 6) is 0.438. The van der Waals surface area contributed by atoms with Crippen LogP contribution in [0.4, 0.5) is 26.4 Å². The second-order valence-corrected chi connectivity index (χ2v) is 9.15. The molecule has 0 atom stereocenters. The number of hydrogen-bond acceptors (Lipinski definition) is 11. The van der Waals surface area contributed by atoms with Crippen molar-refractivity contribution in [2.24, 2.45) is 0 Å². The van der Waals surface area contributed by atoms with E-state index in [9.17, 15) is 8.78 Å². The summed E-state index contributed by atoms with van der Waals surface area (Å²) in [6.45, 7) is 3.52. The van der Waals surface area contributed by atoms with Crippen LogP contribution in [0.25, 0.3) is 28.5 Å². The van der Waals surface area contributed by atoms with Gasteiger partial charge in [-0.05, 0) is 26.2 Å². The number of hydrogen-bond donors (Lipinski definition) is 1. The molecule has 0 aliphatic carbocycles. The van der Waals surface area contributed by atoms with Gasteiger partial charge in [-0.2, -0.15) is 15.0 Å². The van der Waals surface area contributed by atoms with Crippen LogP contribution in [0.2, 0.25) is 0 Å². The Labute approximate surface area is 218 Å². The topological polar surface area (TPSA) is 127 Å². The number of nitrogens with two attached hydrogens (primary N) is 1. The highest BCUT2D eigenvalue weighted by Gasteiger charge is 2.25. The maximum atomic E-state index is 14.1. The van der Waals surface area contributed by atoms with E-state index < -0.39 is 12.2 Å². The van der Waals surface area contributed by atoms with Gasteiger partial charge in [-0.15, -0.1) is 0 Å². The van der Waals surface area contributed by atoms with E-state index in [4.69, 9.17) is 10.5 Å². The number of nitrogens with zero attached hydrogens (tertiary/aromatic N) is 10. The van der Waals surface area contributed by atoms with Gasteiger partial charge >= 0.3 is 0 Å². The summed E-state index contributed by atoms with van der Waals surface area (Å²) in [7, 11) is 5.84. The van der Waals surface area contributed by atoms with Gasteiger partial charge in [-0.25, -0.2) is 23.7 Å². The van der Waals surface area contributed by atoms with Crippen LogP contribution >= 0.6 is 0 Å². The Morgan fingerprint density at radius 3 is 2.45 bits per heavy atom. The predicted molar refractivity (Wildman–Crippen MR) is 140 cm³/mol. The number of rotatable bonds is 8. The van der Waals surface area contributed by atoms with Gasteiger partial charge in [0.25, 0.3) is 6.43 Å². The summed E-state index contributed by atoms with van der Waals surface area (Å²) in [6.07, 6.45) is -1.35. The lowest BCUT2D eigenvalue weighted by Gasteiger charge is -2.27. The van der Waals surface area contributed by atoms with Crippen LogP contribution in [0.5, 0.6) is 0 Å². The molecule has 0 saturated carbocycles. The Morgan fingerprint density at radius 2 is 1.71 bits per heavy atom. The van der Waals surface area contributed by atoms with Crippen molar-refractivity contribution in [2.75, 3.05) is 76.1 Å². The molecule has 0 amide bonds. The van der Waals surface area contributed by atoms with Gasteiger partial charge in [0.2, 0.25) is 17.8 Å². The van der Waals surface area contributed by atoms with E-state index in [1.54, 1.807) is 24.3 Å². The molecule has 12 nitrogen and oxygen atoms in total. The zero-order valence-electron chi connectivity index (χ0n) is 21.4. The standard InChI is InChI=1S/C24H29F2N11O/c1-34(2)8-9-35(3)22-28-14-15(27)18(30-22)20-31-23(36-10-12-38-13-11-36)33-24(32-20)37-17-7-5-4-6-16(17)29-21(37)19(25)26/h4-7,14,19H,8-13,27H2,1-3H3. The van der Waals surface area contributed by atoms with Crippen molar-refractivity contribution in [3.05, 3.63) is 36.3 Å². The number of fused-ring (bicyclic) bond motifs is 1. The second-order valence-electron chi connectivity index (χ2n) is 9.15. The average molecular weight is 526 g/mol. The number of benzene rings is 1. The summed E-state index contributed by atoms with van der Waals surface area (Å²) >= 11 is 0. The quantitative estimate of drug-likeness (QED) is 0.363. The lowest BCUT2D eigenvalue weighted by atomic mass is 10.3. The van der Waals surface area contributed by atoms with Crippen molar-refractivity contribution in [1.82, 2.24) is 39.4 Å². The molecule has 14 heteroatoms. The Morgan fingerprint density at radius 1 is 0.974 bits per heavy atom. The highest BCUT2D eigenvalue weighted by Crippen LogP contribution is 2.29. The van der Waals surface area contributed by atoms with Crippen molar-refractivity contribution in [3.63, 3.8) is 0 Å². The third-order valence-corrected chi connectivity index (χ3v) is 6.13. The molecular formula is C24H29F2N11O. The molecule has 1 aromatic carbocycles. The number of para-hydroxylation sites is 2. The van der Waals surface area contributed by atoms with Crippen LogP contribution in [0.3, 0.4) is 0 Å². The Bertz CT molecular complexity index is 1420. The number of ether oxygens (including phenoxy) is 1. The number of likely N-dealkylation sites (N-methyl/N-ethyl adjacent to an activating group) is 2. The third-order valence-electron chi connectivity index (χ3n) is 6.13. The van der Waals surface area contributed by atoms with Crippen LogP contribution in [0, 0.1) is 0 Å². The average Bonchev–Trinajstić information content (AvgIpc) is 3.32. The number of anilines is 3. The molecule has 1 aliphatic heterocycles. The highest BCUT2D eigenvalue weighted by molar-refractivity contribution is 5.78. The summed E-state index contributed by atoms with van der Waals surface area (Å²) in [4.78, 5) is 32.9. The first-order chi connectivity index (χ1) is 18.3. The monoisotopic (exact) mass is 525 g/mol. The molecule has 4 aromatic rings. The van der Waals surface area contributed by atoms with Gasteiger partial charge in [0.1, 0.15) is 5.69 Å². The molecule has 200 valence electrons. The van der Waals surface area contributed by atoms with Gasteiger partial charge in [0, 0.05) is 33.2 Å². The third kappa shape index (κ3) is 5.17. The molecule has 5 rings (SSSR count). The van der Waals surface area contributed by atoms with Crippen LogP contribution in [-0.2, 0) is 4.74 Å². The van der Waals surface area contributed by atoms with Crippen molar-refractivity contribution in [2.45, 2.75) is 6.43 Å². The molecule has 4 heterocycles. The molecule has 0 unspecified atom stereocenters. The van der Waals surface area contributed by atoms with Crippen molar-refractivity contribution in [1.29, 1.82) is 0 Å². The summed E-state index contributed by atoms with van der Waals surface area (Å²) in [5.41, 5.74) is 7.68.